The van der Waals surface area contributed by atoms with Crippen molar-refractivity contribution in [2.24, 2.45) is 0 Å². The minimum atomic E-state index is -0.318. The molecular weight excluding hydrogens is 287 g/mol. The molecule has 1 amide bonds. The zero-order valence-electron chi connectivity index (χ0n) is 11.6. The topological polar surface area (TPSA) is 42.0 Å². The van der Waals surface area contributed by atoms with Crippen molar-refractivity contribution in [1.82, 2.24) is 4.98 Å². The van der Waals surface area contributed by atoms with Gasteiger partial charge in [-0.1, -0.05) is 17.4 Å². The van der Waals surface area contributed by atoms with Crippen LogP contribution < -0.4 is 5.32 Å². The molecule has 1 N–H and O–H groups in total. The summed E-state index contributed by atoms with van der Waals surface area (Å²) in [5.41, 5.74) is 2.88. The van der Waals surface area contributed by atoms with E-state index in [1.807, 2.05) is 25.1 Å². The number of hydrogen-bond donors (Lipinski definition) is 1. The number of thiazole rings is 1. The third-order valence-corrected chi connectivity index (χ3v) is 4.12. The van der Waals surface area contributed by atoms with E-state index in [4.69, 9.17) is 0 Å². The highest BCUT2D eigenvalue weighted by Gasteiger charge is 2.11. The minimum Gasteiger partial charge on any atom is -0.298 e. The quantitative estimate of drug-likeness (QED) is 0.766. The van der Waals surface area contributed by atoms with Crippen LogP contribution in [0.4, 0.5) is 9.52 Å². The van der Waals surface area contributed by atoms with Gasteiger partial charge in [-0.05, 0) is 55.3 Å². The molecule has 0 atom stereocenters. The van der Waals surface area contributed by atoms with Crippen LogP contribution in [0.3, 0.4) is 0 Å². The lowest BCUT2D eigenvalue weighted by atomic mass is 10.1. The summed E-state index contributed by atoms with van der Waals surface area (Å²) in [7, 11) is 0. The van der Waals surface area contributed by atoms with Gasteiger partial charge in [0.1, 0.15) is 5.82 Å². The van der Waals surface area contributed by atoms with Crippen molar-refractivity contribution in [2.45, 2.75) is 13.8 Å². The zero-order chi connectivity index (χ0) is 15.0. The predicted octanol–water partition coefficient (Wildman–Crippen LogP) is 4.30. The fourth-order valence-corrected chi connectivity index (χ4v) is 3.00. The van der Waals surface area contributed by atoms with E-state index in [0.717, 1.165) is 15.8 Å². The van der Waals surface area contributed by atoms with E-state index < -0.39 is 0 Å². The Morgan fingerprint density at radius 3 is 2.76 bits per heavy atom. The smallest absolute Gasteiger partial charge is 0.257 e. The van der Waals surface area contributed by atoms with Crippen molar-refractivity contribution in [3.05, 3.63) is 58.9 Å². The molecule has 1 heterocycles. The van der Waals surface area contributed by atoms with Gasteiger partial charge < -0.3 is 0 Å². The second kappa shape index (κ2) is 5.26. The molecule has 0 unspecified atom stereocenters. The van der Waals surface area contributed by atoms with Crippen LogP contribution in [0.15, 0.2) is 36.4 Å². The van der Waals surface area contributed by atoms with E-state index in [1.165, 1.54) is 29.5 Å². The number of hydrogen-bond acceptors (Lipinski definition) is 3. The number of carbonyl (C=O) groups is 1. The third kappa shape index (κ3) is 2.78. The molecule has 3 aromatic rings. The van der Waals surface area contributed by atoms with Crippen LogP contribution >= 0.6 is 11.3 Å². The Balaban J connectivity index is 1.87. The molecule has 0 aliphatic carbocycles. The summed E-state index contributed by atoms with van der Waals surface area (Å²) in [6.07, 6.45) is 0. The normalized spacial score (nSPS) is 10.8. The molecule has 0 aliphatic rings. The molecule has 0 saturated carbocycles. The molecule has 0 aliphatic heterocycles. The first kappa shape index (κ1) is 13.7. The van der Waals surface area contributed by atoms with E-state index in [1.54, 1.807) is 6.92 Å². The summed E-state index contributed by atoms with van der Waals surface area (Å²) in [5, 5.41) is 3.30. The maximum atomic E-state index is 13.2. The number of carbonyl (C=O) groups excluding carboxylic acids is 1. The molecule has 0 saturated heterocycles. The maximum absolute atomic E-state index is 13.2. The van der Waals surface area contributed by atoms with Crippen molar-refractivity contribution < 1.29 is 9.18 Å². The van der Waals surface area contributed by atoms with E-state index in [2.05, 4.69) is 10.3 Å². The molecular formula is C16H13FN2OS. The summed E-state index contributed by atoms with van der Waals surface area (Å²) in [4.78, 5) is 16.5. The van der Waals surface area contributed by atoms with Gasteiger partial charge in [-0.25, -0.2) is 9.37 Å². The number of aromatic nitrogens is 1. The number of halogens is 1. The van der Waals surface area contributed by atoms with Gasteiger partial charge in [-0.15, -0.1) is 0 Å². The highest BCUT2D eigenvalue weighted by molar-refractivity contribution is 7.22. The van der Waals surface area contributed by atoms with Crippen LogP contribution in [0.25, 0.3) is 10.2 Å². The van der Waals surface area contributed by atoms with Crippen LogP contribution in [0.1, 0.15) is 21.5 Å². The number of anilines is 1. The molecule has 2 aromatic carbocycles. The molecule has 1 aromatic heterocycles. The molecule has 0 bridgehead atoms. The fraction of sp³-hybridized carbons (Fsp3) is 0.125. The number of aryl methyl sites for hydroxylation is 2. The maximum Gasteiger partial charge on any atom is 0.257 e. The number of rotatable bonds is 2. The van der Waals surface area contributed by atoms with Crippen molar-refractivity contribution in [3.8, 4) is 0 Å². The Morgan fingerprint density at radius 2 is 2.00 bits per heavy atom. The fourth-order valence-electron chi connectivity index (χ4n) is 2.04. The zero-order valence-corrected chi connectivity index (χ0v) is 12.4. The standard InChI is InChI=1S/C16H13FN2OS/c1-9-3-6-13-14(7-9)21-16(18-13)19-15(20)11-4-5-12(17)10(2)8-11/h3-8H,1-2H3,(H,18,19,20). The Kier molecular flexibility index (Phi) is 3.43. The van der Waals surface area contributed by atoms with Gasteiger partial charge in [0.15, 0.2) is 5.13 Å². The van der Waals surface area contributed by atoms with Crippen molar-refractivity contribution in [3.63, 3.8) is 0 Å². The second-order valence-corrected chi connectivity index (χ2v) is 5.94. The Morgan fingerprint density at radius 1 is 1.19 bits per heavy atom. The Bertz CT molecular complexity index is 841. The van der Waals surface area contributed by atoms with Crippen LogP contribution in [0.5, 0.6) is 0 Å². The molecule has 3 rings (SSSR count). The summed E-state index contributed by atoms with van der Waals surface area (Å²) in [5.74, 6) is -0.601. The van der Waals surface area contributed by atoms with Crippen molar-refractivity contribution in [1.29, 1.82) is 0 Å². The number of amides is 1. The molecule has 3 nitrogen and oxygen atoms in total. The average molecular weight is 300 g/mol. The van der Waals surface area contributed by atoms with E-state index in [9.17, 15) is 9.18 Å². The lowest BCUT2D eigenvalue weighted by molar-refractivity contribution is 0.102. The summed E-state index contributed by atoms with van der Waals surface area (Å²) < 4.78 is 14.3. The van der Waals surface area contributed by atoms with Gasteiger partial charge >= 0.3 is 0 Å². The first-order valence-electron chi connectivity index (χ1n) is 6.47. The monoisotopic (exact) mass is 300 g/mol. The van der Waals surface area contributed by atoms with Gasteiger partial charge in [-0.2, -0.15) is 0 Å². The van der Waals surface area contributed by atoms with Crippen LogP contribution in [-0.2, 0) is 0 Å². The largest absolute Gasteiger partial charge is 0.298 e. The van der Waals surface area contributed by atoms with E-state index in [0.29, 0.717) is 16.3 Å². The highest BCUT2D eigenvalue weighted by Crippen LogP contribution is 2.27. The number of nitrogens with zero attached hydrogens (tertiary/aromatic N) is 1. The number of nitrogens with one attached hydrogen (secondary N) is 1. The lowest BCUT2D eigenvalue weighted by Crippen LogP contribution is -2.12. The van der Waals surface area contributed by atoms with Crippen LogP contribution in [0.2, 0.25) is 0 Å². The van der Waals surface area contributed by atoms with Crippen molar-refractivity contribution >= 4 is 32.6 Å². The molecule has 106 valence electrons. The first-order valence-corrected chi connectivity index (χ1v) is 7.29. The van der Waals surface area contributed by atoms with E-state index in [-0.39, 0.29) is 11.7 Å². The van der Waals surface area contributed by atoms with Gasteiger partial charge in [0, 0.05) is 5.56 Å². The first-order chi connectivity index (χ1) is 10.0. The Hall–Kier alpha value is -2.27. The second-order valence-electron chi connectivity index (χ2n) is 4.91. The van der Waals surface area contributed by atoms with Gasteiger partial charge in [-0.3, -0.25) is 10.1 Å². The van der Waals surface area contributed by atoms with Gasteiger partial charge in [0.25, 0.3) is 5.91 Å². The number of fused-ring (bicyclic) bond motifs is 1. The predicted molar refractivity (Wildman–Crippen MR) is 83.4 cm³/mol. The molecule has 0 fully saturated rings. The number of benzene rings is 2. The highest BCUT2D eigenvalue weighted by atomic mass is 32.1. The SMILES string of the molecule is Cc1ccc2nc(NC(=O)c3ccc(F)c(C)c3)sc2c1. The van der Waals surface area contributed by atoms with Crippen LogP contribution in [-0.4, -0.2) is 10.9 Å². The molecule has 5 heteroatoms. The van der Waals surface area contributed by atoms with E-state index >= 15 is 0 Å². The van der Waals surface area contributed by atoms with Gasteiger partial charge in [0.05, 0.1) is 10.2 Å². The van der Waals surface area contributed by atoms with Crippen LogP contribution in [0, 0.1) is 19.7 Å². The lowest BCUT2D eigenvalue weighted by Gasteiger charge is -2.03. The molecule has 21 heavy (non-hydrogen) atoms. The van der Waals surface area contributed by atoms with Gasteiger partial charge in [0.2, 0.25) is 0 Å². The molecule has 0 radical (unpaired) electrons. The van der Waals surface area contributed by atoms with Crippen molar-refractivity contribution in [2.75, 3.05) is 5.32 Å². The minimum absolute atomic E-state index is 0.283. The average Bonchev–Trinajstić information content (AvgIpc) is 2.83. The summed E-state index contributed by atoms with van der Waals surface area (Å²) >= 11 is 1.42. The summed E-state index contributed by atoms with van der Waals surface area (Å²) in [6.45, 7) is 3.64. The molecule has 0 spiro atoms. The Labute approximate surface area is 125 Å². The summed E-state index contributed by atoms with van der Waals surface area (Å²) in [6, 6.07) is 10.2. The third-order valence-electron chi connectivity index (χ3n) is 3.18.